The number of nitrogens with zero attached hydrogens (tertiary/aromatic N) is 2. The third-order valence-corrected chi connectivity index (χ3v) is 5.27. The predicted octanol–water partition coefficient (Wildman–Crippen LogP) is 3.11. The van der Waals surface area contributed by atoms with Crippen LogP contribution < -0.4 is 0 Å². The number of ether oxygens (including phenoxy) is 1. The number of H-pyrrole nitrogens is 2. The van der Waals surface area contributed by atoms with Crippen molar-refractivity contribution < 1.29 is 9.53 Å². The molecule has 1 amide bonds. The number of likely N-dealkylation sites (tertiary alicyclic amines) is 1. The monoisotopic (exact) mass is 338 g/mol. The molecule has 0 aliphatic carbocycles. The summed E-state index contributed by atoms with van der Waals surface area (Å²) in [5, 5.41) is 1.10. The summed E-state index contributed by atoms with van der Waals surface area (Å²) in [7, 11) is 1.69. The van der Waals surface area contributed by atoms with E-state index in [1.165, 1.54) is 11.1 Å². The zero-order valence-electron chi connectivity index (χ0n) is 14.7. The van der Waals surface area contributed by atoms with E-state index in [2.05, 4.69) is 34.9 Å². The number of aromatic amines is 2. The summed E-state index contributed by atoms with van der Waals surface area (Å²) >= 11 is 0. The van der Waals surface area contributed by atoms with E-state index in [1.54, 1.807) is 19.5 Å². The fourth-order valence-corrected chi connectivity index (χ4v) is 3.64. The fraction of sp³-hybridized carbons (Fsp3) is 0.368. The average Bonchev–Trinajstić information content (AvgIpc) is 3.35. The van der Waals surface area contributed by atoms with Crippen LogP contribution in [0.3, 0.4) is 0 Å². The highest BCUT2D eigenvalue weighted by atomic mass is 16.5. The number of amides is 1. The lowest BCUT2D eigenvalue weighted by Gasteiger charge is -2.22. The van der Waals surface area contributed by atoms with Crippen LogP contribution in [0.4, 0.5) is 0 Å². The van der Waals surface area contributed by atoms with Crippen LogP contribution >= 0.6 is 0 Å². The number of methoxy groups -OCH3 is 1. The minimum atomic E-state index is -0.0957. The zero-order chi connectivity index (χ0) is 17.6. The number of fused-ring (bicyclic) bond motifs is 1. The Morgan fingerprint density at radius 2 is 2.20 bits per heavy atom. The number of carbonyl (C=O) groups is 1. The highest BCUT2D eigenvalue weighted by molar-refractivity contribution is 5.99. The molecule has 1 saturated heterocycles. The number of benzene rings is 1. The number of imidazole rings is 1. The molecule has 3 aromatic rings. The molecule has 6 heteroatoms. The maximum Gasteiger partial charge on any atom is 0.271 e. The van der Waals surface area contributed by atoms with Crippen molar-refractivity contribution in [3.63, 3.8) is 0 Å². The van der Waals surface area contributed by atoms with Crippen LogP contribution in [0.5, 0.6) is 0 Å². The molecular weight excluding hydrogens is 316 g/mol. The van der Waals surface area contributed by atoms with Gasteiger partial charge in [-0.05, 0) is 37.1 Å². The van der Waals surface area contributed by atoms with Gasteiger partial charge in [-0.15, -0.1) is 0 Å². The molecule has 2 atom stereocenters. The minimum absolute atomic E-state index is 0.0193. The summed E-state index contributed by atoms with van der Waals surface area (Å²) in [6.45, 7) is 4.73. The molecule has 0 radical (unpaired) electrons. The van der Waals surface area contributed by atoms with Crippen molar-refractivity contribution >= 4 is 16.8 Å². The smallest absolute Gasteiger partial charge is 0.271 e. The van der Waals surface area contributed by atoms with Crippen LogP contribution in [0.15, 0.2) is 30.6 Å². The van der Waals surface area contributed by atoms with E-state index >= 15 is 0 Å². The molecule has 0 spiro atoms. The Kier molecular flexibility index (Phi) is 3.84. The minimum Gasteiger partial charge on any atom is -0.380 e. The fourth-order valence-electron chi connectivity index (χ4n) is 3.64. The molecular formula is C19H22N4O2. The Bertz CT molecular complexity index is 913. The third kappa shape index (κ3) is 2.62. The van der Waals surface area contributed by atoms with E-state index in [1.807, 2.05) is 17.0 Å². The van der Waals surface area contributed by atoms with Crippen molar-refractivity contribution in [2.45, 2.75) is 32.4 Å². The summed E-state index contributed by atoms with van der Waals surface area (Å²) in [5.41, 5.74) is 4.02. The van der Waals surface area contributed by atoms with Gasteiger partial charge in [-0.2, -0.15) is 0 Å². The van der Waals surface area contributed by atoms with Crippen LogP contribution in [-0.4, -0.2) is 45.5 Å². The van der Waals surface area contributed by atoms with Gasteiger partial charge in [0.15, 0.2) is 0 Å². The molecule has 1 aromatic carbocycles. The Morgan fingerprint density at radius 1 is 1.36 bits per heavy atom. The number of rotatable bonds is 3. The Balaban J connectivity index is 1.70. The van der Waals surface area contributed by atoms with Gasteiger partial charge in [-0.3, -0.25) is 4.79 Å². The van der Waals surface area contributed by atoms with Crippen LogP contribution in [-0.2, 0) is 4.74 Å². The predicted molar refractivity (Wildman–Crippen MR) is 95.6 cm³/mol. The molecule has 0 bridgehead atoms. The lowest BCUT2D eigenvalue weighted by atomic mass is 10.1. The number of hydrogen-bond acceptors (Lipinski definition) is 3. The lowest BCUT2D eigenvalue weighted by Crippen LogP contribution is -2.32. The third-order valence-electron chi connectivity index (χ3n) is 5.27. The van der Waals surface area contributed by atoms with Crippen LogP contribution in [0, 0.1) is 13.8 Å². The van der Waals surface area contributed by atoms with Crippen LogP contribution in [0.2, 0.25) is 0 Å². The second kappa shape index (κ2) is 6.04. The summed E-state index contributed by atoms with van der Waals surface area (Å²) < 4.78 is 5.50. The van der Waals surface area contributed by atoms with Crippen molar-refractivity contribution in [1.29, 1.82) is 0 Å². The Hall–Kier alpha value is -2.60. The number of nitrogens with one attached hydrogen (secondary N) is 2. The van der Waals surface area contributed by atoms with Gasteiger partial charge in [0.2, 0.25) is 0 Å². The van der Waals surface area contributed by atoms with Crippen molar-refractivity contribution in [3.05, 3.63) is 53.2 Å². The summed E-state index contributed by atoms with van der Waals surface area (Å²) in [6.07, 6.45) is 4.27. The van der Waals surface area contributed by atoms with Crippen molar-refractivity contribution in [2.24, 2.45) is 0 Å². The van der Waals surface area contributed by atoms with Gasteiger partial charge in [-0.1, -0.05) is 6.07 Å². The van der Waals surface area contributed by atoms with Crippen molar-refractivity contribution in [2.75, 3.05) is 13.7 Å². The van der Waals surface area contributed by atoms with Gasteiger partial charge in [0, 0.05) is 43.4 Å². The van der Waals surface area contributed by atoms with Crippen LogP contribution in [0.1, 0.15) is 39.9 Å². The number of aromatic nitrogens is 3. The highest BCUT2D eigenvalue weighted by Gasteiger charge is 2.38. The molecule has 1 aliphatic heterocycles. The molecule has 1 aliphatic rings. The molecule has 4 rings (SSSR count). The molecule has 25 heavy (non-hydrogen) atoms. The summed E-state index contributed by atoms with van der Waals surface area (Å²) in [5.74, 6) is 0.783. The van der Waals surface area contributed by atoms with Gasteiger partial charge in [0.1, 0.15) is 11.5 Å². The number of aryl methyl sites for hydroxylation is 2. The molecule has 3 heterocycles. The standard InChI is InChI=1S/C19H22N4O2/c1-11-4-5-15-14(12(11)2)9-16(22-15)19(24)23-10-13(25-3)8-17(23)18-20-6-7-21-18/h4-7,9,13,17,22H,8,10H2,1-3H3,(H,20,21)/t13-,17?/m1/s1. The SMILES string of the molecule is CO[C@@H]1CC(c2ncc[nH]2)N(C(=O)c2cc3c(C)c(C)ccc3[nH]2)C1. The van der Waals surface area contributed by atoms with E-state index in [0.717, 1.165) is 23.1 Å². The van der Waals surface area contributed by atoms with E-state index in [9.17, 15) is 4.79 Å². The number of hydrogen-bond donors (Lipinski definition) is 2. The van der Waals surface area contributed by atoms with Gasteiger partial charge < -0.3 is 19.6 Å². The molecule has 2 aromatic heterocycles. The average molecular weight is 338 g/mol. The maximum absolute atomic E-state index is 13.2. The second-order valence-corrected chi connectivity index (χ2v) is 6.69. The molecule has 2 N–H and O–H groups in total. The zero-order valence-corrected chi connectivity index (χ0v) is 14.7. The molecule has 1 fully saturated rings. The first-order valence-corrected chi connectivity index (χ1v) is 8.50. The first kappa shape index (κ1) is 15.9. The van der Waals surface area contributed by atoms with Crippen molar-refractivity contribution in [1.82, 2.24) is 19.9 Å². The van der Waals surface area contributed by atoms with Gasteiger partial charge >= 0.3 is 0 Å². The van der Waals surface area contributed by atoms with Gasteiger partial charge in [0.25, 0.3) is 5.91 Å². The second-order valence-electron chi connectivity index (χ2n) is 6.69. The van der Waals surface area contributed by atoms with Gasteiger partial charge in [-0.25, -0.2) is 4.98 Å². The Labute approximate surface area is 146 Å². The highest BCUT2D eigenvalue weighted by Crippen LogP contribution is 2.33. The first-order valence-electron chi connectivity index (χ1n) is 8.50. The first-order chi connectivity index (χ1) is 12.1. The van der Waals surface area contributed by atoms with Crippen molar-refractivity contribution in [3.8, 4) is 0 Å². The Morgan fingerprint density at radius 3 is 2.92 bits per heavy atom. The van der Waals surface area contributed by atoms with E-state index in [0.29, 0.717) is 12.2 Å². The largest absolute Gasteiger partial charge is 0.380 e. The lowest BCUT2D eigenvalue weighted by molar-refractivity contribution is 0.0680. The quantitative estimate of drug-likeness (QED) is 0.770. The van der Waals surface area contributed by atoms with E-state index < -0.39 is 0 Å². The summed E-state index contributed by atoms with van der Waals surface area (Å²) in [6, 6.07) is 5.96. The molecule has 6 nitrogen and oxygen atoms in total. The maximum atomic E-state index is 13.2. The van der Waals surface area contributed by atoms with Crippen LogP contribution in [0.25, 0.3) is 10.9 Å². The molecule has 130 valence electrons. The van der Waals surface area contributed by atoms with E-state index in [-0.39, 0.29) is 18.1 Å². The normalized spacial score (nSPS) is 20.5. The molecule has 1 unspecified atom stereocenters. The van der Waals surface area contributed by atoms with Gasteiger partial charge in [0.05, 0.1) is 12.1 Å². The topological polar surface area (TPSA) is 74.0 Å². The van der Waals surface area contributed by atoms with E-state index in [4.69, 9.17) is 4.74 Å². The number of carbonyl (C=O) groups excluding carboxylic acids is 1. The molecule has 0 saturated carbocycles. The summed E-state index contributed by atoms with van der Waals surface area (Å²) in [4.78, 5) is 25.8.